The van der Waals surface area contributed by atoms with Crippen molar-refractivity contribution in [2.24, 2.45) is 5.92 Å². The summed E-state index contributed by atoms with van der Waals surface area (Å²) >= 11 is 0. The molecular formula is C20H45N3. The minimum Gasteiger partial charge on any atom is -0.304 e. The van der Waals surface area contributed by atoms with E-state index in [1.54, 1.807) is 0 Å². The maximum atomic E-state index is 2.66. The van der Waals surface area contributed by atoms with Crippen molar-refractivity contribution < 1.29 is 0 Å². The van der Waals surface area contributed by atoms with Gasteiger partial charge in [0.05, 0.1) is 0 Å². The van der Waals surface area contributed by atoms with E-state index >= 15 is 0 Å². The number of likely N-dealkylation sites (N-methyl/N-ethyl adjacent to an activating group) is 1. The molecule has 0 amide bonds. The normalized spacial score (nSPS) is 21.1. The number of piperidine rings is 1. The van der Waals surface area contributed by atoms with Gasteiger partial charge in [0.15, 0.2) is 0 Å². The number of rotatable bonds is 4. The second-order valence-corrected chi connectivity index (χ2v) is 7.44. The second kappa shape index (κ2) is 15.4. The summed E-state index contributed by atoms with van der Waals surface area (Å²) in [6, 6.07) is 0. The van der Waals surface area contributed by atoms with Crippen molar-refractivity contribution in [1.29, 1.82) is 0 Å². The highest BCUT2D eigenvalue weighted by molar-refractivity contribution is 4.72. The van der Waals surface area contributed by atoms with Gasteiger partial charge >= 0.3 is 0 Å². The van der Waals surface area contributed by atoms with Crippen LogP contribution in [0.25, 0.3) is 0 Å². The molecule has 0 bridgehead atoms. The van der Waals surface area contributed by atoms with Crippen LogP contribution in [0.15, 0.2) is 0 Å². The maximum absolute atomic E-state index is 2.66. The molecule has 0 radical (unpaired) electrons. The molecule has 23 heavy (non-hydrogen) atoms. The fourth-order valence-electron chi connectivity index (χ4n) is 2.88. The van der Waals surface area contributed by atoms with Crippen LogP contribution in [0.5, 0.6) is 0 Å². The van der Waals surface area contributed by atoms with E-state index in [2.05, 4.69) is 56.4 Å². The number of nitrogens with zero attached hydrogens (tertiary/aromatic N) is 3. The summed E-state index contributed by atoms with van der Waals surface area (Å²) in [5, 5.41) is 0. The lowest BCUT2D eigenvalue weighted by molar-refractivity contribution is 0.138. The Morgan fingerprint density at radius 2 is 1.09 bits per heavy atom. The van der Waals surface area contributed by atoms with E-state index in [0.717, 1.165) is 5.92 Å². The van der Waals surface area contributed by atoms with Gasteiger partial charge in [0.2, 0.25) is 0 Å². The molecule has 0 aromatic heterocycles. The predicted octanol–water partition coefficient (Wildman–Crippen LogP) is 4.19. The van der Waals surface area contributed by atoms with Crippen molar-refractivity contribution in [3.05, 3.63) is 0 Å². The van der Waals surface area contributed by atoms with Gasteiger partial charge in [-0.15, -0.1) is 0 Å². The van der Waals surface area contributed by atoms with Gasteiger partial charge in [-0.3, -0.25) is 0 Å². The van der Waals surface area contributed by atoms with Gasteiger partial charge in [-0.1, -0.05) is 47.5 Å². The fourth-order valence-corrected chi connectivity index (χ4v) is 2.88. The summed E-state index contributed by atoms with van der Waals surface area (Å²) in [5.41, 5.74) is 0. The minimum absolute atomic E-state index is 0.962. The molecule has 2 aliphatic heterocycles. The van der Waals surface area contributed by atoms with Gasteiger partial charge in [0.25, 0.3) is 0 Å². The monoisotopic (exact) mass is 327 g/mol. The molecule has 2 heterocycles. The molecule has 2 saturated heterocycles. The molecule has 3 nitrogen and oxygen atoms in total. The van der Waals surface area contributed by atoms with Gasteiger partial charge in [-0.2, -0.15) is 0 Å². The lowest BCUT2D eigenvalue weighted by atomic mass is 9.99. The molecule has 2 fully saturated rings. The molecule has 0 saturated carbocycles. The van der Waals surface area contributed by atoms with Crippen LogP contribution in [0, 0.1) is 5.92 Å². The Morgan fingerprint density at radius 3 is 1.52 bits per heavy atom. The zero-order valence-electron chi connectivity index (χ0n) is 17.1. The first kappa shape index (κ1) is 22.9. The van der Waals surface area contributed by atoms with Crippen LogP contribution < -0.4 is 0 Å². The third kappa shape index (κ3) is 12.9. The quantitative estimate of drug-likeness (QED) is 0.766. The highest BCUT2D eigenvalue weighted by Crippen LogP contribution is 2.15. The molecule has 0 atom stereocenters. The molecule has 0 N–H and O–H groups in total. The van der Waals surface area contributed by atoms with Crippen molar-refractivity contribution in [2.75, 3.05) is 59.4 Å². The second-order valence-electron chi connectivity index (χ2n) is 7.44. The third-order valence-corrected chi connectivity index (χ3v) is 4.42. The average Bonchev–Trinajstić information content (AvgIpc) is 2.53. The molecule has 2 rings (SSSR count). The van der Waals surface area contributed by atoms with E-state index in [4.69, 9.17) is 0 Å². The van der Waals surface area contributed by atoms with Crippen LogP contribution in [0.2, 0.25) is 0 Å². The third-order valence-electron chi connectivity index (χ3n) is 4.42. The largest absolute Gasteiger partial charge is 0.304 e. The van der Waals surface area contributed by atoms with E-state index in [-0.39, 0.29) is 0 Å². The average molecular weight is 328 g/mol. The van der Waals surface area contributed by atoms with Gasteiger partial charge in [-0.05, 0) is 58.4 Å². The molecule has 0 spiro atoms. The van der Waals surface area contributed by atoms with E-state index in [9.17, 15) is 0 Å². The molecule has 2 aliphatic rings. The van der Waals surface area contributed by atoms with Gasteiger partial charge in [0, 0.05) is 26.2 Å². The Hall–Kier alpha value is -0.120. The fraction of sp³-hybridized carbons (Fsp3) is 1.00. The zero-order valence-corrected chi connectivity index (χ0v) is 17.1. The standard InChI is InChI=1S/C14H29N3.2C3H8/c1-14-4-8-16(9-5-14)6-3-7-17-12-10-15(2)11-13-17;2*1-3-2/h14H,3-13H2,1-2H3;2*3H2,1-2H3. The summed E-state index contributed by atoms with van der Waals surface area (Å²) in [4.78, 5) is 7.73. The van der Waals surface area contributed by atoms with Crippen LogP contribution in [0.1, 0.15) is 66.7 Å². The van der Waals surface area contributed by atoms with E-state index in [1.165, 1.54) is 84.5 Å². The van der Waals surface area contributed by atoms with E-state index in [0.29, 0.717) is 0 Å². The molecule has 0 aliphatic carbocycles. The van der Waals surface area contributed by atoms with Crippen molar-refractivity contribution in [3.8, 4) is 0 Å². The topological polar surface area (TPSA) is 9.72 Å². The van der Waals surface area contributed by atoms with Crippen molar-refractivity contribution in [2.45, 2.75) is 66.7 Å². The van der Waals surface area contributed by atoms with E-state index in [1.807, 2.05) is 0 Å². The highest BCUT2D eigenvalue weighted by atomic mass is 15.2. The molecule has 140 valence electrons. The SMILES string of the molecule is CC1CCN(CCCN2CCN(C)CC2)CC1.CCC.CCC. The summed E-state index contributed by atoms with van der Waals surface area (Å²) in [6.07, 6.45) is 6.68. The molecular weight excluding hydrogens is 282 g/mol. The van der Waals surface area contributed by atoms with Gasteiger partial charge < -0.3 is 14.7 Å². The van der Waals surface area contributed by atoms with Crippen molar-refractivity contribution in [3.63, 3.8) is 0 Å². The van der Waals surface area contributed by atoms with Gasteiger partial charge in [-0.25, -0.2) is 0 Å². The van der Waals surface area contributed by atoms with Crippen LogP contribution in [0.3, 0.4) is 0 Å². The summed E-state index contributed by atoms with van der Waals surface area (Å²) in [6.45, 7) is 21.2. The first-order valence-electron chi connectivity index (χ1n) is 10.2. The number of piperazine rings is 1. The lowest BCUT2D eigenvalue weighted by Gasteiger charge is -2.34. The Morgan fingerprint density at radius 1 is 0.696 bits per heavy atom. The molecule has 0 aromatic carbocycles. The van der Waals surface area contributed by atoms with Crippen molar-refractivity contribution in [1.82, 2.24) is 14.7 Å². The summed E-state index contributed by atoms with van der Waals surface area (Å²) in [7, 11) is 2.23. The number of hydrogen-bond acceptors (Lipinski definition) is 3. The van der Waals surface area contributed by atoms with Gasteiger partial charge in [0.1, 0.15) is 0 Å². The minimum atomic E-state index is 0.962. The first-order chi connectivity index (χ1) is 11.1. The highest BCUT2D eigenvalue weighted by Gasteiger charge is 2.16. The van der Waals surface area contributed by atoms with Crippen LogP contribution in [-0.2, 0) is 0 Å². The van der Waals surface area contributed by atoms with Crippen LogP contribution in [-0.4, -0.2) is 74.1 Å². The predicted molar refractivity (Wildman–Crippen MR) is 105 cm³/mol. The molecule has 0 unspecified atom stereocenters. The Labute approximate surface area is 147 Å². The Kier molecular flexibility index (Phi) is 15.3. The van der Waals surface area contributed by atoms with Crippen LogP contribution >= 0.6 is 0 Å². The summed E-state index contributed by atoms with van der Waals surface area (Å²) in [5.74, 6) is 0.962. The first-order valence-corrected chi connectivity index (χ1v) is 10.2. The molecule has 3 heteroatoms. The lowest BCUT2D eigenvalue weighted by Crippen LogP contribution is -2.45. The number of likely N-dealkylation sites (tertiary alicyclic amines) is 1. The Balaban J connectivity index is 0.000000704. The molecule has 0 aromatic rings. The van der Waals surface area contributed by atoms with Crippen LogP contribution in [0.4, 0.5) is 0 Å². The van der Waals surface area contributed by atoms with E-state index < -0.39 is 0 Å². The zero-order chi connectivity index (χ0) is 17.5. The summed E-state index contributed by atoms with van der Waals surface area (Å²) < 4.78 is 0. The Bertz CT molecular complexity index is 205. The smallest absolute Gasteiger partial charge is 0.0110 e. The number of hydrogen-bond donors (Lipinski definition) is 0. The van der Waals surface area contributed by atoms with Crippen molar-refractivity contribution >= 4 is 0 Å². The maximum Gasteiger partial charge on any atom is 0.0110 e.